The number of aromatic nitrogens is 2. The van der Waals surface area contributed by atoms with Gasteiger partial charge in [-0.25, -0.2) is 9.97 Å². The molecule has 1 aromatic rings. The van der Waals surface area contributed by atoms with Gasteiger partial charge in [0.2, 0.25) is 5.88 Å². The van der Waals surface area contributed by atoms with Crippen LogP contribution in [0.4, 0.5) is 0 Å². The molecular weight excluding hydrogens is 228 g/mol. The Labute approximate surface area is 101 Å². The highest BCUT2D eigenvalue weighted by atomic mass is 35.5. The number of hydrogen-bond donors (Lipinski definition) is 0. The second kappa shape index (κ2) is 6.66. The third-order valence-electron chi connectivity index (χ3n) is 2.07. The molecule has 1 aromatic heterocycles. The van der Waals surface area contributed by atoms with E-state index < -0.39 is 0 Å². The normalized spacial score (nSPS) is 12.5. The zero-order chi connectivity index (χ0) is 12.0. The van der Waals surface area contributed by atoms with E-state index in [-0.39, 0.29) is 6.10 Å². The molecule has 1 atom stereocenters. The minimum Gasteiger partial charge on any atom is -0.472 e. The molecule has 0 spiro atoms. The maximum Gasteiger partial charge on any atom is 0.221 e. The zero-order valence-electron chi connectivity index (χ0n) is 9.86. The SMILES string of the molecule is CCCc1c(Cl)ncnc1OC(C)COC. The number of nitrogens with zero attached hydrogens (tertiary/aromatic N) is 2. The average molecular weight is 245 g/mol. The molecule has 0 saturated carbocycles. The molecule has 0 aliphatic carbocycles. The van der Waals surface area contributed by atoms with Crippen molar-refractivity contribution in [2.24, 2.45) is 0 Å². The van der Waals surface area contributed by atoms with E-state index in [0.29, 0.717) is 17.6 Å². The molecule has 16 heavy (non-hydrogen) atoms. The predicted molar refractivity (Wildman–Crippen MR) is 63.0 cm³/mol. The van der Waals surface area contributed by atoms with Crippen LogP contribution < -0.4 is 4.74 Å². The first-order chi connectivity index (χ1) is 7.69. The van der Waals surface area contributed by atoms with Gasteiger partial charge in [0, 0.05) is 7.11 Å². The van der Waals surface area contributed by atoms with Gasteiger partial charge in [-0.1, -0.05) is 24.9 Å². The van der Waals surface area contributed by atoms with Crippen molar-refractivity contribution in [1.82, 2.24) is 9.97 Å². The van der Waals surface area contributed by atoms with Crippen molar-refractivity contribution < 1.29 is 9.47 Å². The van der Waals surface area contributed by atoms with Gasteiger partial charge in [0.05, 0.1) is 12.2 Å². The Hall–Kier alpha value is -0.870. The van der Waals surface area contributed by atoms with Gasteiger partial charge in [-0.05, 0) is 13.3 Å². The fourth-order valence-corrected chi connectivity index (χ4v) is 1.62. The summed E-state index contributed by atoms with van der Waals surface area (Å²) < 4.78 is 10.7. The Kier molecular flexibility index (Phi) is 5.49. The van der Waals surface area contributed by atoms with Gasteiger partial charge >= 0.3 is 0 Å². The first-order valence-electron chi connectivity index (χ1n) is 5.34. The lowest BCUT2D eigenvalue weighted by Crippen LogP contribution is -2.19. The van der Waals surface area contributed by atoms with Crippen molar-refractivity contribution in [1.29, 1.82) is 0 Å². The molecule has 1 rings (SSSR count). The monoisotopic (exact) mass is 244 g/mol. The van der Waals surface area contributed by atoms with E-state index in [4.69, 9.17) is 21.1 Å². The lowest BCUT2D eigenvalue weighted by atomic mass is 10.2. The smallest absolute Gasteiger partial charge is 0.221 e. The number of rotatable bonds is 6. The Morgan fingerprint density at radius 1 is 1.44 bits per heavy atom. The molecule has 0 radical (unpaired) electrons. The van der Waals surface area contributed by atoms with Gasteiger partial charge < -0.3 is 9.47 Å². The van der Waals surface area contributed by atoms with Crippen LogP contribution in [0.2, 0.25) is 5.15 Å². The van der Waals surface area contributed by atoms with Gasteiger partial charge in [-0.15, -0.1) is 0 Å². The number of ether oxygens (including phenoxy) is 2. The van der Waals surface area contributed by atoms with E-state index in [1.54, 1.807) is 7.11 Å². The topological polar surface area (TPSA) is 44.2 Å². The van der Waals surface area contributed by atoms with Crippen molar-refractivity contribution in [3.8, 4) is 5.88 Å². The standard InChI is InChI=1S/C11H17ClN2O2/c1-4-5-9-10(12)13-7-14-11(9)16-8(2)6-15-3/h7-8H,4-6H2,1-3H3. The van der Waals surface area contributed by atoms with Crippen LogP contribution in [-0.2, 0) is 11.2 Å². The lowest BCUT2D eigenvalue weighted by Gasteiger charge is -2.15. The van der Waals surface area contributed by atoms with E-state index in [1.165, 1.54) is 6.33 Å². The van der Waals surface area contributed by atoms with Crippen molar-refractivity contribution in [2.75, 3.05) is 13.7 Å². The largest absolute Gasteiger partial charge is 0.472 e. The zero-order valence-corrected chi connectivity index (χ0v) is 10.6. The van der Waals surface area contributed by atoms with Gasteiger partial charge in [0.15, 0.2) is 0 Å². The van der Waals surface area contributed by atoms with Gasteiger partial charge in [0.1, 0.15) is 17.6 Å². The average Bonchev–Trinajstić information content (AvgIpc) is 2.23. The molecular formula is C11H17ClN2O2. The third kappa shape index (κ3) is 3.61. The van der Waals surface area contributed by atoms with Crippen molar-refractivity contribution >= 4 is 11.6 Å². The van der Waals surface area contributed by atoms with E-state index in [9.17, 15) is 0 Å². The molecule has 0 aliphatic heterocycles. The fourth-order valence-electron chi connectivity index (χ4n) is 1.40. The van der Waals surface area contributed by atoms with Crippen LogP contribution in [0.5, 0.6) is 5.88 Å². The van der Waals surface area contributed by atoms with Crippen molar-refractivity contribution in [3.63, 3.8) is 0 Å². The predicted octanol–water partition coefficient (Wildman–Crippen LogP) is 2.50. The molecule has 0 amide bonds. The molecule has 1 unspecified atom stereocenters. The summed E-state index contributed by atoms with van der Waals surface area (Å²) in [5.41, 5.74) is 0.870. The van der Waals surface area contributed by atoms with E-state index in [1.807, 2.05) is 6.92 Å². The molecule has 0 N–H and O–H groups in total. The quantitative estimate of drug-likeness (QED) is 0.722. The lowest BCUT2D eigenvalue weighted by molar-refractivity contribution is 0.0881. The summed E-state index contributed by atoms with van der Waals surface area (Å²) in [6, 6.07) is 0. The van der Waals surface area contributed by atoms with Crippen LogP contribution in [0.1, 0.15) is 25.8 Å². The van der Waals surface area contributed by atoms with Gasteiger partial charge in [-0.3, -0.25) is 0 Å². The Morgan fingerprint density at radius 3 is 2.81 bits per heavy atom. The summed E-state index contributed by atoms with van der Waals surface area (Å²) in [6.45, 7) is 4.52. The van der Waals surface area contributed by atoms with Crippen LogP contribution in [-0.4, -0.2) is 29.8 Å². The van der Waals surface area contributed by atoms with Gasteiger partial charge in [0.25, 0.3) is 0 Å². The summed E-state index contributed by atoms with van der Waals surface area (Å²) in [4.78, 5) is 8.06. The van der Waals surface area contributed by atoms with Crippen molar-refractivity contribution in [2.45, 2.75) is 32.8 Å². The number of halogens is 1. The molecule has 0 fully saturated rings. The summed E-state index contributed by atoms with van der Waals surface area (Å²) in [7, 11) is 1.64. The molecule has 0 aliphatic rings. The highest BCUT2D eigenvalue weighted by Gasteiger charge is 2.13. The van der Waals surface area contributed by atoms with Crippen LogP contribution in [0, 0.1) is 0 Å². The minimum absolute atomic E-state index is 0.0495. The summed E-state index contributed by atoms with van der Waals surface area (Å²) >= 11 is 6.01. The number of methoxy groups -OCH3 is 1. The number of hydrogen-bond acceptors (Lipinski definition) is 4. The summed E-state index contributed by atoms with van der Waals surface area (Å²) in [6.07, 6.45) is 3.15. The summed E-state index contributed by atoms with van der Waals surface area (Å²) in [5.74, 6) is 0.561. The molecule has 0 bridgehead atoms. The first kappa shape index (κ1) is 13.2. The van der Waals surface area contributed by atoms with Crippen molar-refractivity contribution in [3.05, 3.63) is 17.0 Å². The second-order valence-electron chi connectivity index (χ2n) is 3.58. The minimum atomic E-state index is -0.0495. The van der Waals surface area contributed by atoms with E-state index in [0.717, 1.165) is 18.4 Å². The van der Waals surface area contributed by atoms with E-state index in [2.05, 4.69) is 16.9 Å². The third-order valence-corrected chi connectivity index (χ3v) is 2.39. The van der Waals surface area contributed by atoms with Crippen LogP contribution in [0.15, 0.2) is 6.33 Å². The van der Waals surface area contributed by atoms with E-state index >= 15 is 0 Å². The molecule has 1 heterocycles. The first-order valence-corrected chi connectivity index (χ1v) is 5.71. The van der Waals surface area contributed by atoms with Crippen LogP contribution in [0.3, 0.4) is 0 Å². The molecule has 5 heteroatoms. The van der Waals surface area contributed by atoms with Crippen LogP contribution in [0.25, 0.3) is 0 Å². The Balaban J connectivity index is 2.81. The second-order valence-corrected chi connectivity index (χ2v) is 3.94. The highest BCUT2D eigenvalue weighted by molar-refractivity contribution is 6.30. The molecule has 90 valence electrons. The fraction of sp³-hybridized carbons (Fsp3) is 0.636. The highest BCUT2D eigenvalue weighted by Crippen LogP contribution is 2.24. The maximum atomic E-state index is 6.01. The Bertz CT molecular complexity index is 334. The summed E-state index contributed by atoms with van der Waals surface area (Å²) in [5, 5.41) is 0.469. The molecule has 0 aromatic carbocycles. The maximum absolute atomic E-state index is 6.01. The molecule has 0 saturated heterocycles. The molecule has 4 nitrogen and oxygen atoms in total. The van der Waals surface area contributed by atoms with Gasteiger partial charge in [-0.2, -0.15) is 0 Å². The van der Waals surface area contributed by atoms with Crippen LogP contribution >= 0.6 is 11.6 Å². The Morgan fingerprint density at radius 2 is 2.19 bits per heavy atom.